The third-order valence-electron chi connectivity index (χ3n) is 11.7. The average molecular weight is 515 g/mol. The van der Waals surface area contributed by atoms with Crippen LogP contribution in [0.1, 0.15) is 126 Å². The Balaban J connectivity index is 1.42. The summed E-state index contributed by atoms with van der Waals surface area (Å²) in [5.41, 5.74) is 0.0205. The van der Waals surface area contributed by atoms with Gasteiger partial charge in [0.2, 0.25) is 0 Å². The Morgan fingerprint density at radius 2 is 1.72 bits per heavy atom. The summed E-state index contributed by atoms with van der Waals surface area (Å²) < 4.78 is 6.79. The van der Waals surface area contributed by atoms with E-state index in [-0.39, 0.29) is 15.9 Å². The number of fused-ring (bicyclic) bond motifs is 2. The maximum Gasteiger partial charge on any atom is 0.192 e. The summed E-state index contributed by atoms with van der Waals surface area (Å²) in [6.45, 7) is 23.8. The second-order valence-corrected chi connectivity index (χ2v) is 21.5. The second kappa shape index (κ2) is 9.41. The lowest BCUT2D eigenvalue weighted by molar-refractivity contribution is -0.0718. The van der Waals surface area contributed by atoms with Crippen molar-refractivity contribution in [2.24, 2.45) is 39.9 Å². The van der Waals surface area contributed by atoms with Gasteiger partial charge in [-0.25, -0.2) is 0 Å². The minimum atomic E-state index is -1.75. The maximum absolute atomic E-state index is 12.0. The van der Waals surface area contributed by atoms with Crippen LogP contribution >= 0.6 is 0 Å². The van der Waals surface area contributed by atoms with E-state index in [0.717, 1.165) is 37.5 Å². The smallest absolute Gasteiger partial charge is 0.192 e. The van der Waals surface area contributed by atoms with Crippen LogP contribution in [0.15, 0.2) is 0 Å². The molecular weight excluding hydrogens is 456 g/mol. The summed E-state index contributed by atoms with van der Waals surface area (Å²) >= 11 is 0. The molecule has 0 aromatic carbocycles. The quantitative estimate of drug-likeness (QED) is 0.283. The van der Waals surface area contributed by atoms with Gasteiger partial charge in [-0.1, -0.05) is 80.1 Å². The van der Waals surface area contributed by atoms with Crippen molar-refractivity contribution in [3.8, 4) is 11.8 Å². The summed E-state index contributed by atoms with van der Waals surface area (Å²) in [5, 5.41) is 12.3. The molecule has 3 heteroatoms. The van der Waals surface area contributed by atoms with Gasteiger partial charge in [-0.3, -0.25) is 0 Å². The van der Waals surface area contributed by atoms with Crippen molar-refractivity contribution in [1.82, 2.24) is 0 Å². The van der Waals surface area contributed by atoms with E-state index in [4.69, 9.17) is 4.43 Å². The molecule has 0 bridgehead atoms. The van der Waals surface area contributed by atoms with Crippen LogP contribution in [0.5, 0.6) is 0 Å². The van der Waals surface area contributed by atoms with Gasteiger partial charge < -0.3 is 9.53 Å². The highest BCUT2D eigenvalue weighted by atomic mass is 28.4. The van der Waals surface area contributed by atoms with E-state index in [1.165, 1.54) is 44.9 Å². The Morgan fingerprint density at radius 1 is 1.03 bits per heavy atom. The maximum atomic E-state index is 12.0. The largest absolute Gasteiger partial charge is 0.414 e. The lowest BCUT2D eigenvalue weighted by Crippen LogP contribution is -2.49. The topological polar surface area (TPSA) is 29.5 Å². The van der Waals surface area contributed by atoms with Crippen molar-refractivity contribution in [3.63, 3.8) is 0 Å². The first kappa shape index (κ1) is 28.7. The third kappa shape index (κ3) is 5.53. The highest BCUT2D eigenvalue weighted by molar-refractivity contribution is 6.74. The molecule has 4 fully saturated rings. The fourth-order valence-electron chi connectivity index (χ4n) is 8.43. The van der Waals surface area contributed by atoms with E-state index in [9.17, 15) is 5.11 Å². The van der Waals surface area contributed by atoms with Crippen molar-refractivity contribution in [3.05, 3.63) is 0 Å². The normalized spacial score (nSPS) is 41.3. The minimum Gasteiger partial charge on any atom is -0.414 e. The molecule has 2 nitrogen and oxygen atoms in total. The SMILES string of the molecule is C[C@H](CCCC(C)(C)C)C1CCC2C(O)(C#CC34CC(O[Si](C)(C)C(C)(C)C)CC3C4)CCC[C@]12C. The van der Waals surface area contributed by atoms with Crippen molar-refractivity contribution in [2.45, 2.75) is 156 Å². The molecule has 0 heterocycles. The lowest BCUT2D eigenvalue weighted by atomic mass is 9.57. The predicted octanol–water partition coefficient (Wildman–Crippen LogP) is 8.98. The Hall–Kier alpha value is -0.303. The number of aliphatic hydroxyl groups is 1. The zero-order chi connectivity index (χ0) is 26.8. The van der Waals surface area contributed by atoms with Crippen LogP contribution in [-0.4, -0.2) is 25.1 Å². The molecule has 0 radical (unpaired) electrons. The summed E-state index contributed by atoms with van der Waals surface area (Å²) in [6.07, 6.45) is 13.5. The molecule has 0 aromatic heterocycles. The fraction of sp³-hybridized carbons (Fsp3) is 0.939. The van der Waals surface area contributed by atoms with Crippen LogP contribution < -0.4 is 0 Å². The van der Waals surface area contributed by atoms with Gasteiger partial charge in [-0.05, 0) is 105 Å². The highest BCUT2D eigenvalue weighted by Crippen LogP contribution is 2.65. The standard InChI is InChI=1S/C33H58O2Si/c1-24(13-11-16-29(2,3)4)27-14-15-28-31(27,8)17-12-18-33(28,34)20-19-32-22-25(32)21-26(23-32)35-36(9,10)30(5,6)7/h24-28,34H,11-18,21-23H2,1-10H3/t24-,25?,26?,27?,28?,31-,32?,33?/m1/s1. The van der Waals surface area contributed by atoms with E-state index < -0.39 is 13.9 Å². The van der Waals surface area contributed by atoms with E-state index in [0.29, 0.717) is 23.4 Å². The minimum absolute atomic E-state index is 0.134. The number of hydrogen-bond donors (Lipinski definition) is 1. The molecule has 206 valence electrons. The molecule has 0 aliphatic heterocycles. The molecule has 8 atom stereocenters. The van der Waals surface area contributed by atoms with E-state index in [1.54, 1.807) is 0 Å². The first-order valence-electron chi connectivity index (χ1n) is 15.4. The van der Waals surface area contributed by atoms with Gasteiger partial charge in [0, 0.05) is 17.4 Å². The Bertz CT molecular complexity index is 869. The fourth-order valence-corrected chi connectivity index (χ4v) is 9.79. The Morgan fingerprint density at radius 3 is 2.36 bits per heavy atom. The molecule has 4 rings (SSSR count). The summed E-state index contributed by atoms with van der Waals surface area (Å²) in [4.78, 5) is 0. The molecule has 6 unspecified atom stereocenters. The molecule has 0 amide bonds. The molecule has 4 aliphatic rings. The van der Waals surface area contributed by atoms with Gasteiger partial charge in [-0.15, -0.1) is 0 Å². The van der Waals surface area contributed by atoms with Crippen LogP contribution in [0.4, 0.5) is 0 Å². The van der Waals surface area contributed by atoms with Gasteiger partial charge in [0.15, 0.2) is 8.32 Å². The summed E-state index contributed by atoms with van der Waals surface area (Å²) in [7, 11) is -1.75. The predicted molar refractivity (Wildman–Crippen MR) is 155 cm³/mol. The van der Waals surface area contributed by atoms with Crippen molar-refractivity contribution in [1.29, 1.82) is 0 Å². The second-order valence-electron chi connectivity index (χ2n) is 16.7. The van der Waals surface area contributed by atoms with Gasteiger partial charge in [0.25, 0.3) is 0 Å². The highest BCUT2D eigenvalue weighted by Gasteiger charge is 2.62. The van der Waals surface area contributed by atoms with Gasteiger partial charge in [0.1, 0.15) is 5.60 Å². The van der Waals surface area contributed by atoms with Gasteiger partial charge >= 0.3 is 0 Å². The molecule has 4 aliphatic carbocycles. The van der Waals surface area contributed by atoms with E-state index in [2.05, 4.69) is 80.3 Å². The van der Waals surface area contributed by atoms with Gasteiger partial charge in [0.05, 0.1) is 0 Å². The van der Waals surface area contributed by atoms with Crippen molar-refractivity contribution in [2.75, 3.05) is 0 Å². The Labute approximate surface area is 225 Å². The molecule has 36 heavy (non-hydrogen) atoms. The van der Waals surface area contributed by atoms with Crippen LogP contribution in [0.25, 0.3) is 0 Å². The van der Waals surface area contributed by atoms with Crippen LogP contribution in [0.2, 0.25) is 18.1 Å². The van der Waals surface area contributed by atoms with Crippen LogP contribution in [0.3, 0.4) is 0 Å². The lowest BCUT2D eigenvalue weighted by Gasteiger charge is -2.49. The first-order valence-corrected chi connectivity index (χ1v) is 18.3. The first-order chi connectivity index (χ1) is 16.4. The Kier molecular flexibility index (Phi) is 7.50. The zero-order valence-corrected chi connectivity index (χ0v) is 26.5. The van der Waals surface area contributed by atoms with Crippen LogP contribution in [0, 0.1) is 51.8 Å². The molecule has 4 saturated carbocycles. The third-order valence-corrected chi connectivity index (χ3v) is 16.2. The summed E-state index contributed by atoms with van der Waals surface area (Å²) in [6, 6.07) is 0. The average Bonchev–Trinajstić information content (AvgIpc) is 3.07. The van der Waals surface area contributed by atoms with E-state index >= 15 is 0 Å². The molecule has 0 spiro atoms. The van der Waals surface area contributed by atoms with Gasteiger partial charge in [-0.2, -0.15) is 0 Å². The zero-order valence-electron chi connectivity index (χ0n) is 25.5. The summed E-state index contributed by atoms with van der Waals surface area (Å²) in [5.74, 6) is 9.88. The van der Waals surface area contributed by atoms with Crippen molar-refractivity contribution < 1.29 is 9.53 Å². The molecular formula is C33H58O2Si. The molecule has 0 saturated heterocycles. The monoisotopic (exact) mass is 514 g/mol. The van der Waals surface area contributed by atoms with E-state index in [1.807, 2.05) is 0 Å². The number of rotatable bonds is 6. The molecule has 0 aromatic rings. The van der Waals surface area contributed by atoms with Crippen molar-refractivity contribution >= 4 is 8.32 Å². The molecule has 1 N–H and O–H groups in total. The number of hydrogen-bond acceptors (Lipinski definition) is 2. The van der Waals surface area contributed by atoms with Crippen LogP contribution in [-0.2, 0) is 4.43 Å².